The van der Waals surface area contributed by atoms with Crippen LogP contribution in [-0.2, 0) is 12.3 Å². The van der Waals surface area contributed by atoms with Crippen molar-refractivity contribution in [2.75, 3.05) is 0 Å². The lowest BCUT2D eigenvalue weighted by molar-refractivity contribution is 0.621. The summed E-state index contributed by atoms with van der Waals surface area (Å²) in [5.41, 5.74) is 3.72. The third-order valence-electron chi connectivity index (χ3n) is 3.50. The quantitative estimate of drug-likeness (QED) is 0.432. The highest BCUT2D eigenvalue weighted by Crippen LogP contribution is 2.27. The van der Waals surface area contributed by atoms with E-state index in [1.807, 2.05) is 45.4 Å². The molecule has 3 aromatic rings. The Balaban J connectivity index is 2.37. The van der Waals surface area contributed by atoms with Crippen molar-refractivity contribution in [1.82, 2.24) is 9.55 Å². The molecule has 0 fully saturated rings. The molecule has 0 atom stereocenters. The van der Waals surface area contributed by atoms with Gasteiger partial charge in [0, 0.05) is 6.07 Å². The van der Waals surface area contributed by atoms with Gasteiger partial charge in [0.15, 0.2) is 0 Å². The molecule has 0 spiro atoms. The molecule has 0 aliphatic heterocycles. The third kappa shape index (κ3) is 2.55. The Kier molecular flexibility index (Phi) is 4.17. The van der Waals surface area contributed by atoms with E-state index in [0.717, 1.165) is 29.0 Å². The second kappa shape index (κ2) is 5.93. The summed E-state index contributed by atoms with van der Waals surface area (Å²) in [5.74, 6) is 0.776. The van der Waals surface area contributed by atoms with Gasteiger partial charge in [-0.1, -0.05) is 25.1 Å². The molecule has 0 bridgehead atoms. The molecule has 2 nitrogen and oxygen atoms in total. The van der Waals surface area contributed by atoms with Crippen molar-refractivity contribution >= 4 is 45.2 Å². The molecule has 2 aromatic carbocycles. The van der Waals surface area contributed by atoms with E-state index in [4.69, 9.17) is 11.6 Å². The van der Waals surface area contributed by atoms with Gasteiger partial charge < -0.3 is 0 Å². The van der Waals surface area contributed by atoms with Crippen LogP contribution in [0.4, 0.5) is 4.39 Å². The molecule has 108 valence electrons. The molecule has 0 saturated heterocycles. The number of fused-ring (bicyclic) bond motifs is 1. The molecule has 0 aliphatic carbocycles. The number of alkyl halides is 1. The molecule has 1 heterocycles. The average molecular weight is 415 g/mol. The predicted octanol–water partition coefficient (Wildman–Crippen LogP) is 5.07. The zero-order chi connectivity index (χ0) is 15.0. The lowest BCUT2D eigenvalue weighted by Crippen LogP contribution is -2.03. The van der Waals surface area contributed by atoms with Crippen LogP contribution in [0.5, 0.6) is 0 Å². The lowest BCUT2D eigenvalue weighted by atomic mass is 10.1. The van der Waals surface area contributed by atoms with Crippen LogP contribution in [0.1, 0.15) is 18.3 Å². The van der Waals surface area contributed by atoms with E-state index in [1.54, 1.807) is 6.07 Å². The summed E-state index contributed by atoms with van der Waals surface area (Å²) in [6.07, 6.45) is 0.893. The molecule has 21 heavy (non-hydrogen) atoms. The summed E-state index contributed by atoms with van der Waals surface area (Å²) >= 11 is 8.03. The van der Waals surface area contributed by atoms with Crippen LogP contribution < -0.4 is 0 Å². The standard InChI is InChI=1S/C16H13ClFIN2/c1-2-10-5-3-4-6-14(10)21-15-7-11(18)12(19)8-13(15)20-16(21)9-17/h3-8H,2,9H2,1H3. The minimum atomic E-state index is -0.237. The Labute approximate surface area is 141 Å². The summed E-state index contributed by atoms with van der Waals surface area (Å²) in [7, 11) is 0. The third-order valence-corrected chi connectivity index (χ3v) is 4.56. The maximum Gasteiger partial charge on any atom is 0.138 e. The Morgan fingerprint density at radius 3 is 2.76 bits per heavy atom. The van der Waals surface area contributed by atoms with Crippen molar-refractivity contribution in [3.8, 4) is 5.69 Å². The second-order valence-electron chi connectivity index (χ2n) is 4.73. The number of aromatic nitrogens is 2. The van der Waals surface area contributed by atoms with Crippen LogP contribution in [0, 0.1) is 9.39 Å². The van der Waals surface area contributed by atoms with Gasteiger partial charge in [0.25, 0.3) is 0 Å². The SMILES string of the molecule is CCc1ccccc1-n1c(CCl)nc2cc(I)c(F)cc21. The van der Waals surface area contributed by atoms with E-state index in [2.05, 4.69) is 18.0 Å². The van der Waals surface area contributed by atoms with Gasteiger partial charge in [0.1, 0.15) is 11.6 Å². The second-order valence-corrected chi connectivity index (χ2v) is 6.16. The Hall–Kier alpha value is -1.14. The number of hydrogen-bond donors (Lipinski definition) is 0. The van der Waals surface area contributed by atoms with Crippen molar-refractivity contribution in [3.05, 3.63) is 57.2 Å². The molecule has 0 radical (unpaired) electrons. The number of hydrogen-bond acceptors (Lipinski definition) is 1. The monoisotopic (exact) mass is 414 g/mol. The van der Waals surface area contributed by atoms with Crippen molar-refractivity contribution in [2.45, 2.75) is 19.2 Å². The fraction of sp³-hybridized carbons (Fsp3) is 0.188. The van der Waals surface area contributed by atoms with Crippen LogP contribution in [-0.4, -0.2) is 9.55 Å². The molecule has 1 aromatic heterocycles. The zero-order valence-corrected chi connectivity index (χ0v) is 14.3. The van der Waals surface area contributed by atoms with Crippen LogP contribution in [0.3, 0.4) is 0 Å². The smallest absolute Gasteiger partial charge is 0.138 e. The minimum absolute atomic E-state index is 0.237. The number of aryl methyl sites for hydroxylation is 1. The summed E-state index contributed by atoms with van der Waals surface area (Å²) in [4.78, 5) is 4.54. The van der Waals surface area contributed by atoms with Gasteiger partial charge in [0.05, 0.1) is 26.2 Å². The first-order valence-corrected chi connectivity index (χ1v) is 8.27. The topological polar surface area (TPSA) is 17.8 Å². The van der Waals surface area contributed by atoms with Crippen molar-refractivity contribution < 1.29 is 4.39 Å². The van der Waals surface area contributed by atoms with Gasteiger partial charge in [0.2, 0.25) is 0 Å². The molecule has 5 heteroatoms. The van der Waals surface area contributed by atoms with Gasteiger partial charge >= 0.3 is 0 Å². The predicted molar refractivity (Wildman–Crippen MR) is 92.7 cm³/mol. The molecule has 0 unspecified atom stereocenters. The molecule has 0 aliphatic rings. The van der Waals surface area contributed by atoms with E-state index in [-0.39, 0.29) is 11.7 Å². The van der Waals surface area contributed by atoms with Crippen LogP contribution in [0.15, 0.2) is 36.4 Å². The van der Waals surface area contributed by atoms with Crippen LogP contribution in [0.25, 0.3) is 16.7 Å². The van der Waals surface area contributed by atoms with E-state index in [0.29, 0.717) is 3.57 Å². The van der Waals surface area contributed by atoms with Crippen molar-refractivity contribution in [2.24, 2.45) is 0 Å². The van der Waals surface area contributed by atoms with Crippen LogP contribution >= 0.6 is 34.2 Å². The first-order chi connectivity index (χ1) is 10.2. The number of nitrogens with zero attached hydrogens (tertiary/aromatic N) is 2. The molecule has 0 amide bonds. The van der Waals surface area contributed by atoms with Gasteiger partial charge in [-0.15, -0.1) is 11.6 Å². The van der Waals surface area contributed by atoms with E-state index in [1.165, 1.54) is 11.6 Å². The fourth-order valence-corrected chi connectivity index (χ4v) is 3.14. The Morgan fingerprint density at radius 2 is 2.05 bits per heavy atom. The summed E-state index contributed by atoms with van der Waals surface area (Å²) in [6, 6.07) is 11.4. The van der Waals surface area contributed by atoms with Crippen molar-refractivity contribution in [3.63, 3.8) is 0 Å². The molecular formula is C16H13ClFIN2. The highest BCUT2D eigenvalue weighted by molar-refractivity contribution is 14.1. The van der Waals surface area contributed by atoms with Gasteiger partial charge in [-0.2, -0.15) is 0 Å². The number of halogens is 3. The normalized spacial score (nSPS) is 11.2. The largest absolute Gasteiger partial charge is 0.295 e. The highest BCUT2D eigenvalue weighted by Gasteiger charge is 2.15. The van der Waals surface area contributed by atoms with Crippen molar-refractivity contribution in [1.29, 1.82) is 0 Å². The Morgan fingerprint density at radius 1 is 1.29 bits per heavy atom. The van der Waals surface area contributed by atoms with Gasteiger partial charge in [-0.3, -0.25) is 4.57 Å². The number of imidazole rings is 1. The molecule has 0 N–H and O–H groups in total. The number of para-hydroxylation sites is 1. The molecule has 0 saturated carbocycles. The van der Waals surface area contributed by atoms with Crippen LogP contribution in [0.2, 0.25) is 0 Å². The van der Waals surface area contributed by atoms with E-state index < -0.39 is 0 Å². The summed E-state index contributed by atoms with van der Waals surface area (Å²) in [6.45, 7) is 2.10. The Bertz CT molecular complexity index is 813. The fourth-order valence-electron chi connectivity index (χ4n) is 2.51. The average Bonchev–Trinajstić information content (AvgIpc) is 2.85. The maximum atomic E-state index is 14.0. The van der Waals surface area contributed by atoms with E-state index >= 15 is 0 Å². The van der Waals surface area contributed by atoms with Gasteiger partial charge in [-0.25, -0.2) is 9.37 Å². The lowest BCUT2D eigenvalue weighted by Gasteiger charge is -2.12. The molecule has 3 rings (SSSR count). The maximum absolute atomic E-state index is 14.0. The first-order valence-electron chi connectivity index (χ1n) is 6.66. The first kappa shape index (κ1) is 14.8. The zero-order valence-electron chi connectivity index (χ0n) is 11.4. The number of benzene rings is 2. The minimum Gasteiger partial charge on any atom is -0.295 e. The number of rotatable bonds is 3. The van der Waals surface area contributed by atoms with E-state index in [9.17, 15) is 4.39 Å². The summed E-state index contributed by atoms with van der Waals surface area (Å²) < 4.78 is 16.5. The highest BCUT2D eigenvalue weighted by atomic mass is 127. The van der Waals surface area contributed by atoms with Gasteiger partial charge in [-0.05, 0) is 46.7 Å². The summed E-state index contributed by atoms with van der Waals surface area (Å²) in [5, 5.41) is 0. The molecular weight excluding hydrogens is 402 g/mol.